The number of hydrogen-bond acceptors (Lipinski definition) is 3. The quantitative estimate of drug-likeness (QED) is 0.907. The summed E-state index contributed by atoms with van der Waals surface area (Å²) in [5.74, 6) is 0.160. The third kappa shape index (κ3) is 3.05. The van der Waals surface area contributed by atoms with Crippen molar-refractivity contribution in [3.63, 3.8) is 0 Å². The van der Waals surface area contributed by atoms with E-state index in [1.54, 1.807) is 12.4 Å². The minimum Gasteiger partial charge on any atom is -0.391 e. The van der Waals surface area contributed by atoms with Crippen molar-refractivity contribution in [2.45, 2.75) is 31.8 Å². The molecule has 1 aliphatic rings. The third-order valence-corrected chi connectivity index (χ3v) is 4.33. The molecule has 21 heavy (non-hydrogen) atoms. The first-order chi connectivity index (χ1) is 10.3. The van der Waals surface area contributed by atoms with Gasteiger partial charge in [0.1, 0.15) is 0 Å². The number of carbonyl (C=O) groups excluding carboxylic acids is 1. The second-order valence-corrected chi connectivity index (χ2v) is 5.73. The molecule has 0 spiro atoms. The molecule has 1 unspecified atom stereocenters. The fraction of sp³-hybridized carbons (Fsp3) is 0.412. The van der Waals surface area contributed by atoms with Crippen LogP contribution in [0.1, 0.15) is 36.0 Å². The molecule has 1 fully saturated rings. The lowest BCUT2D eigenvalue weighted by molar-refractivity contribution is 0.0841. The van der Waals surface area contributed by atoms with Crippen LogP contribution < -0.4 is 5.32 Å². The Morgan fingerprint density at radius 1 is 1.29 bits per heavy atom. The maximum atomic E-state index is 12.3. The molecule has 1 atom stereocenters. The lowest BCUT2D eigenvalue weighted by Crippen LogP contribution is -2.35. The van der Waals surface area contributed by atoms with Gasteiger partial charge in [0.15, 0.2) is 0 Å². The average molecular weight is 284 g/mol. The van der Waals surface area contributed by atoms with Crippen molar-refractivity contribution in [2.75, 3.05) is 6.54 Å². The van der Waals surface area contributed by atoms with E-state index in [4.69, 9.17) is 0 Å². The Morgan fingerprint density at radius 3 is 2.86 bits per heavy atom. The van der Waals surface area contributed by atoms with Crippen LogP contribution in [0.5, 0.6) is 0 Å². The van der Waals surface area contributed by atoms with Gasteiger partial charge in [-0.3, -0.25) is 9.78 Å². The summed E-state index contributed by atoms with van der Waals surface area (Å²) in [5.41, 5.74) is 0.562. The van der Waals surface area contributed by atoms with E-state index in [0.717, 1.165) is 23.6 Å². The van der Waals surface area contributed by atoms with Gasteiger partial charge in [-0.1, -0.05) is 37.1 Å². The Hall–Kier alpha value is -1.94. The molecule has 0 radical (unpaired) electrons. The minimum absolute atomic E-state index is 0.170. The van der Waals surface area contributed by atoms with E-state index in [1.165, 1.54) is 12.8 Å². The molecular weight excluding hydrogens is 264 g/mol. The first kappa shape index (κ1) is 14.0. The number of aliphatic hydroxyl groups excluding tert-OH is 1. The normalized spacial score (nSPS) is 17.0. The van der Waals surface area contributed by atoms with Gasteiger partial charge in [-0.05, 0) is 24.1 Å². The second kappa shape index (κ2) is 6.22. The number of nitrogens with one attached hydrogen (secondary N) is 1. The van der Waals surface area contributed by atoms with E-state index >= 15 is 0 Å². The standard InChI is InChI=1S/C17H20N2O2/c20-16(12-5-1-2-6-12)11-19-17(21)15-10-18-9-13-7-3-4-8-14(13)15/h3-4,7-10,12,16,20H,1-2,5-6,11H2,(H,19,21). The summed E-state index contributed by atoms with van der Waals surface area (Å²) in [5, 5.41) is 14.8. The summed E-state index contributed by atoms with van der Waals surface area (Å²) in [6.45, 7) is 0.312. The van der Waals surface area contributed by atoms with Gasteiger partial charge in [0.2, 0.25) is 0 Å². The van der Waals surface area contributed by atoms with E-state index in [2.05, 4.69) is 10.3 Å². The number of aromatic nitrogens is 1. The Labute approximate surface area is 124 Å². The number of fused-ring (bicyclic) bond motifs is 1. The zero-order chi connectivity index (χ0) is 14.7. The SMILES string of the molecule is O=C(NCC(O)C1CCCC1)c1cncc2ccccc12. The Bertz CT molecular complexity index is 630. The van der Waals surface area contributed by atoms with E-state index in [0.29, 0.717) is 18.0 Å². The van der Waals surface area contributed by atoms with Crippen molar-refractivity contribution < 1.29 is 9.90 Å². The number of aliphatic hydroxyl groups is 1. The summed E-state index contributed by atoms with van der Waals surface area (Å²) in [6, 6.07) is 7.69. The fourth-order valence-electron chi connectivity index (χ4n) is 3.10. The van der Waals surface area contributed by atoms with Crippen LogP contribution in [0.15, 0.2) is 36.7 Å². The molecule has 0 saturated heterocycles. The van der Waals surface area contributed by atoms with Gasteiger partial charge in [-0.15, -0.1) is 0 Å². The highest BCUT2D eigenvalue weighted by Crippen LogP contribution is 2.27. The lowest BCUT2D eigenvalue weighted by atomic mass is 10.0. The van der Waals surface area contributed by atoms with Crippen molar-refractivity contribution >= 4 is 16.7 Å². The van der Waals surface area contributed by atoms with Gasteiger partial charge >= 0.3 is 0 Å². The first-order valence-electron chi connectivity index (χ1n) is 7.55. The van der Waals surface area contributed by atoms with E-state index in [9.17, 15) is 9.90 Å². The average Bonchev–Trinajstić information content (AvgIpc) is 3.06. The number of nitrogens with zero attached hydrogens (tertiary/aromatic N) is 1. The topological polar surface area (TPSA) is 62.2 Å². The molecule has 1 saturated carbocycles. The molecule has 1 aromatic carbocycles. The zero-order valence-corrected chi connectivity index (χ0v) is 12.0. The molecular formula is C17H20N2O2. The predicted octanol–water partition coefficient (Wildman–Crippen LogP) is 2.52. The highest BCUT2D eigenvalue weighted by atomic mass is 16.3. The van der Waals surface area contributed by atoms with Crippen molar-refractivity contribution in [3.8, 4) is 0 Å². The number of carbonyl (C=O) groups is 1. The Morgan fingerprint density at radius 2 is 2.05 bits per heavy atom. The first-order valence-corrected chi connectivity index (χ1v) is 7.55. The number of rotatable bonds is 4. The van der Waals surface area contributed by atoms with E-state index in [-0.39, 0.29) is 5.91 Å². The summed E-state index contributed by atoms with van der Waals surface area (Å²) < 4.78 is 0. The summed E-state index contributed by atoms with van der Waals surface area (Å²) in [4.78, 5) is 16.4. The van der Waals surface area contributed by atoms with Crippen LogP contribution in [0.4, 0.5) is 0 Å². The van der Waals surface area contributed by atoms with Gasteiger partial charge in [-0.25, -0.2) is 0 Å². The minimum atomic E-state index is -0.445. The lowest BCUT2D eigenvalue weighted by Gasteiger charge is -2.18. The highest BCUT2D eigenvalue weighted by molar-refractivity contribution is 6.06. The summed E-state index contributed by atoms with van der Waals surface area (Å²) in [6.07, 6.45) is 7.38. The molecule has 0 bridgehead atoms. The van der Waals surface area contributed by atoms with Gasteiger partial charge in [0.05, 0.1) is 11.7 Å². The van der Waals surface area contributed by atoms with Gasteiger partial charge < -0.3 is 10.4 Å². The Kier molecular flexibility index (Phi) is 4.15. The number of hydrogen-bond donors (Lipinski definition) is 2. The van der Waals surface area contributed by atoms with Crippen LogP contribution in [0.3, 0.4) is 0 Å². The molecule has 2 N–H and O–H groups in total. The highest BCUT2D eigenvalue weighted by Gasteiger charge is 2.23. The Balaban J connectivity index is 1.69. The van der Waals surface area contributed by atoms with Crippen LogP contribution >= 0.6 is 0 Å². The van der Waals surface area contributed by atoms with Gasteiger partial charge in [-0.2, -0.15) is 0 Å². The molecule has 1 aliphatic carbocycles. The predicted molar refractivity (Wildman–Crippen MR) is 82.0 cm³/mol. The molecule has 110 valence electrons. The van der Waals surface area contributed by atoms with Crippen molar-refractivity contribution in [3.05, 3.63) is 42.2 Å². The van der Waals surface area contributed by atoms with Gasteiger partial charge in [0.25, 0.3) is 5.91 Å². The number of benzene rings is 1. The van der Waals surface area contributed by atoms with Crippen LogP contribution in [0.2, 0.25) is 0 Å². The third-order valence-electron chi connectivity index (χ3n) is 4.33. The molecule has 2 aromatic rings. The van der Waals surface area contributed by atoms with Crippen LogP contribution in [-0.2, 0) is 0 Å². The van der Waals surface area contributed by atoms with Gasteiger partial charge in [0, 0.05) is 24.3 Å². The summed E-state index contributed by atoms with van der Waals surface area (Å²) >= 11 is 0. The largest absolute Gasteiger partial charge is 0.391 e. The molecule has 1 heterocycles. The van der Waals surface area contributed by atoms with E-state index < -0.39 is 6.10 Å². The number of amides is 1. The van der Waals surface area contributed by atoms with Crippen LogP contribution in [-0.4, -0.2) is 28.6 Å². The zero-order valence-electron chi connectivity index (χ0n) is 12.0. The van der Waals surface area contributed by atoms with Crippen molar-refractivity contribution in [2.24, 2.45) is 5.92 Å². The van der Waals surface area contributed by atoms with Crippen LogP contribution in [0.25, 0.3) is 10.8 Å². The maximum absolute atomic E-state index is 12.3. The van der Waals surface area contributed by atoms with E-state index in [1.807, 2.05) is 24.3 Å². The molecule has 4 heteroatoms. The molecule has 4 nitrogen and oxygen atoms in total. The second-order valence-electron chi connectivity index (χ2n) is 5.73. The van der Waals surface area contributed by atoms with Crippen molar-refractivity contribution in [1.82, 2.24) is 10.3 Å². The van der Waals surface area contributed by atoms with Crippen molar-refractivity contribution in [1.29, 1.82) is 0 Å². The number of pyridine rings is 1. The maximum Gasteiger partial charge on any atom is 0.253 e. The molecule has 1 aromatic heterocycles. The smallest absolute Gasteiger partial charge is 0.253 e. The monoisotopic (exact) mass is 284 g/mol. The van der Waals surface area contributed by atoms with Crippen LogP contribution in [0, 0.1) is 5.92 Å². The molecule has 1 amide bonds. The molecule has 3 rings (SSSR count). The summed E-state index contributed by atoms with van der Waals surface area (Å²) in [7, 11) is 0. The fourth-order valence-corrected chi connectivity index (χ4v) is 3.10. The molecule has 0 aliphatic heterocycles.